The molecule has 0 aliphatic carbocycles. The number of carbonyl (C=O) groups is 2. The second-order valence-corrected chi connectivity index (χ2v) is 11.5. The van der Waals surface area contributed by atoms with Crippen molar-refractivity contribution in [3.8, 4) is 17.0 Å². The fourth-order valence-electron chi connectivity index (χ4n) is 3.88. The minimum atomic E-state index is -0.396. The van der Waals surface area contributed by atoms with Crippen molar-refractivity contribution in [2.45, 2.75) is 6.92 Å². The maximum Gasteiger partial charge on any atom is 0.271 e. The molecule has 4 aromatic carbocycles. The van der Waals surface area contributed by atoms with Crippen LogP contribution in [-0.2, 0) is 4.79 Å². The molecule has 0 bridgehead atoms. The zero-order valence-electron chi connectivity index (χ0n) is 23.1. The zero-order chi connectivity index (χ0) is 31.1. The van der Waals surface area contributed by atoms with E-state index in [0.717, 1.165) is 22.1 Å². The molecule has 12 heteroatoms. The highest BCUT2D eigenvalue weighted by atomic mass is 35.5. The van der Waals surface area contributed by atoms with Gasteiger partial charge < -0.3 is 15.4 Å². The first-order valence-electron chi connectivity index (χ1n) is 13.1. The molecule has 0 saturated heterocycles. The molecule has 0 spiro atoms. The summed E-state index contributed by atoms with van der Waals surface area (Å²) in [6, 6.07) is 24.9. The number of thiazole rings is 1. The number of aryl methyl sites for hydroxylation is 1. The van der Waals surface area contributed by atoms with Crippen LogP contribution in [0.25, 0.3) is 11.3 Å². The van der Waals surface area contributed by atoms with E-state index >= 15 is 0 Å². The van der Waals surface area contributed by atoms with Crippen molar-refractivity contribution in [3.05, 3.63) is 122 Å². The summed E-state index contributed by atoms with van der Waals surface area (Å²) in [6.07, 6.45) is 1.46. The number of halogens is 3. The first kappa shape index (κ1) is 31.0. The van der Waals surface area contributed by atoms with Crippen LogP contribution in [0.2, 0.25) is 15.1 Å². The third-order valence-electron chi connectivity index (χ3n) is 6.15. The summed E-state index contributed by atoms with van der Waals surface area (Å²) in [6.45, 7) is 1.78. The molecule has 0 fully saturated rings. The summed E-state index contributed by atoms with van der Waals surface area (Å²) in [7, 11) is 0. The van der Waals surface area contributed by atoms with Gasteiger partial charge in [-0.15, -0.1) is 11.3 Å². The number of rotatable bonds is 10. The van der Waals surface area contributed by atoms with Crippen LogP contribution in [0.15, 0.2) is 95.4 Å². The number of carbonyl (C=O) groups excluding carboxylic acids is 2. The van der Waals surface area contributed by atoms with Gasteiger partial charge in [0.25, 0.3) is 11.8 Å². The lowest BCUT2D eigenvalue weighted by molar-refractivity contribution is -0.118. The van der Waals surface area contributed by atoms with Gasteiger partial charge in [-0.3, -0.25) is 9.59 Å². The topological polar surface area (TPSA) is 105 Å². The molecule has 44 heavy (non-hydrogen) atoms. The number of ether oxygens (including phenoxy) is 1. The third-order valence-corrected chi connectivity index (χ3v) is 7.94. The van der Waals surface area contributed by atoms with Crippen LogP contribution in [-0.4, -0.2) is 29.6 Å². The van der Waals surface area contributed by atoms with Gasteiger partial charge in [-0.1, -0.05) is 64.6 Å². The summed E-state index contributed by atoms with van der Waals surface area (Å²) in [5, 5.41) is 13.7. The van der Waals surface area contributed by atoms with E-state index in [9.17, 15) is 9.59 Å². The number of amides is 2. The lowest BCUT2D eigenvalue weighted by atomic mass is 10.1. The number of hydrazone groups is 1. The molecule has 1 heterocycles. The molecule has 1 aromatic heterocycles. The Kier molecular flexibility index (Phi) is 10.1. The van der Waals surface area contributed by atoms with Crippen molar-refractivity contribution in [3.63, 3.8) is 0 Å². The lowest BCUT2D eigenvalue weighted by Crippen LogP contribution is -2.20. The predicted molar refractivity (Wildman–Crippen MR) is 179 cm³/mol. The molecule has 222 valence electrons. The first-order valence-corrected chi connectivity index (χ1v) is 15.2. The summed E-state index contributed by atoms with van der Waals surface area (Å²) in [5.74, 6) is -0.450. The van der Waals surface area contributed by atoms with Gasteiger partial charge in [-0.05, 0) is 73.2 Å². The fraction of sp³-hybridized carbons (Fsp3) is 0.0625. The van der Waals surface area contributed by atoms with Crippen LogP contribution in [0.5, 0.6) is 5.75 Å². The van der Waals surface area contributed by atoms with Crippen molar-refractivity contribution in [2.75, 3.05) is 17.2 Å². The normalized spacial score (nSPS) is 10.9. The zero-order valence-corrected chi connectivity index (χ0v) is 26.2. The number of nitrogens with zero attached hydrogens (tertiary/aromatic N) is 2. The summed E-state index contributed by atoms with van der Waals surface area (Å²) in [4.78, 5) is 29.5. The third kappa shape index (κ3) is 8.36. The van der Waals surface area contributed by atoms with Crippen LogP contribution in [0, 0.1) is 6.92 Å². The molecule has 2 amide bonds. The van der Waals surface area contributed by atoms with E-state index in [2.05, 4.69) is 26.1 Å². The van der Waals surface area contributed by atoms with Crippen molar-refractivity contribution in [1.29, 1.82) is 0 Å². The molecule has 0 aliphatic rings. The van der Waals surface area contributed by atoms with Gasteiger partial charge in [-0.2, -0.15) is 5.10 Å². The maximum absolute atomic E-state index is 12.6. The second-order valence-electron chi connectivity index (χ2n) is 9.46. The summed E-state index contributed by atoms with van der Waals surface area (Å²) in [5.41, 5.74) is 7.93. The molecular weight excluding hydrogens is 641 g/mol. The number of aromatic nitrogens is 1. The highest BCUT2D eigenvalue weighted by Gasteiger charge is 2.10. The number of benzene rings is 4. The van der Waals surface area contributed by atoms with Gasteiger partial charge in [-0.25, -0.2) is 10.4 Å². The van der Waals surface area contributed by atoms with E-state index in [4.69, 9.17) is 39.5 Å². The molecule has 5 aromatic rings. The predicted octanol–water partition coefficient (Wildman–Crippen LogP) is 8.60. The number of nitrogens with one attached hydrogen (secondary N) is 3. The average molecular weight is 665 g/mol. The quantitative estimate of drug-likeness (QED) is 0.102. The molecule has 0 unspecified atom stereocenters. The highest BCUT2D eigenvalue weighted by molar-refractivity contribution is 7.14. The van der Waals surface area contributed by atoms with Crippen LogP contribution in [0.3, 0.4) is 0 Å². The van der Waals surface area contributed by atoms with Gasteiger partial charge in [0.05, 0.1) is 27.0 Å². The SMILES string of the molecule is Cc1ccc(Nc2nc(-c3ccc(C(=O)N/N=C/c4ccc(OCC(=O)Nc5ccc(Cl)c(Cl)c5)c(Cl)c4)cc3)cs2)cc1. The largest absolute Gasteiger partial charge is 0.482 e. The first-order chi connectivity index (χ1) is 21.2. The molecule has 8 nitrogen and oxygen atoms in total. The van der Waals surface area contributed by atoms with Crippen LogP contribution >= 0.6 is 46.1 Å². The average Bonchev–Trinajstić information content (AvgIpc) is 3.48. The summed E-state index contributed by atoms with van der Waals surface area (Å²) < 4.78 is 5.53. The Hall–Kier alpha value is -4.41. The van der Waals surface area contributed by atoms with Crippen molar-refractivity contribution in [1.82, 2.24) is 10.4 Å². The van der Waals surface area contributed by atoms with Crippen LogP contribution in [0.1, 0.15) is 21.5 Å². The van der Waals surface area contributed by atoms with E-state index in [-0.39, 0.29) is 17.5 Å². The van der Waals surface area contributed by atoms with E-state index in [0.29, 0.717) is 32.6 Å². The molecule has 3 N–H and O–H groups in total. The van der Waals surface area contributed by atoms with E-state index in [1.807, 2.05) is 48.7 Å². The lowest BCUT2D eigenvalue weighted by Gasteiger charge is -2.10. The molecule has 0 radical (unpaired) electrons. The molecule has 0 saturated carbocycles. The molecule has 5 rings (SSSR count). The van der Waals surface area contributed by atoms with Crippen molar-refractivity contribution >= 4 is 80.7 Å². The van der Waals surface area contributed by atoms with Gasteiger partial charge >= 0.3 is 0 Å². The number of anilines is 3. The minimum Gasteiger partial charge on any atom is -0.482 e. The van der Waals surface area contributed by atoms with Crippen molar-refractivity contribution < 1.29 is 14.3 Å². The number of hydrogen-bond donors (Lipinski definition) is 3. The van der Waals surface area contributed by atoms with Crippen LogP contribution in [0.4, 0.5) is 16.5 Å². The van der Waals surface area contributed by atoms with Crippen LogP contribution < -0.4 is 20.8 Å². The van der Waals surface area contributed by atoms with E-state index in [1.165, 1.54) is 23.1 Å². The fourth-order valence-corrected chi connectivity index (χ4v) is 5.16. The Bertz CT molecular complexity index is 1830. The standard InChI is InChI=1S/C32H24Cl3N5O3S/c1-19-2-9-23(10-3-19)38-32-39-28(18-44-32)21-5-7-22(8-6-21)31(42)40-36-16-20-4-13-29(27(35)14-20)43-17-30(41)37-24-11-12-25(33)26(34)15-24/h2-16,18H,17H2,1H3,(H,37,41)(H,38,39)(H,40,42)/b36-16+. The Labute approximate surface area is 272 Å². The van der Waals surface area contributed by atoms with E-state index < -0.39 is 5.91 Å². The highest BCUT2D eigenvalue weighted by Crippen LogP contribution is 2.28. The monoisotopic (exact) mass is 663 g/mol. The Morgan fingerprint density at radius 1 is 0.886 bits per heavy atom. The van der Waals surface area contributed by atoms with Crippen molar-refractivity contribution in [2.24, 2.45) is 5.10 Å². The Morgan fingerprint density at radius 3 is 2.36 bits per heavy atom. The maximum atomic E-state index is 12.6. The minimum absolute atomic E-state index is 0.268. The van der Waals surface area contributed by atoms with Gasteiger partial charge in [0, 0.05) is 27.9 Å². The molecule has 0 aliphatic heterocycles. The van der Waals surface area contributed by atoms with Gasteiger partial charge in [0.2, 0.25) is 0 Å². The smallest absolute Gasteiger partial charge is 0.271 e. The van der Waals surface area contributed by atoms with Gasteiger partial charge in [0.1, 0.15) is 5.75 Å². The molecule has 0 atom stereocenters. The second kappa shape index (κ2) is 14.4. The number of hydrogen-bond acceptors (Lipinski definition) is 7. The Balaban J connectivity index is 1.10. The summed E-state index contributed by atoms with van der Waals surface area (Å²) >= 11 is 19.7. The molecular formula is C32H24Cl3N5O3S. The van der Waals surface area contributed by atoms with Gasteiger partial charge in [0.15, 0.2) is 11.7 Å². The van der Waals surface area contributed by atoms with E-state index in [1.54, 1.807) is 48.5 Å². The Morgan fingerprint density at radius 2 is 1.64 bits per heavy atom.